The van der Waals surface area contributed by atoms with Crippen molar-refractivity contribution in [3.05, 3.63) is 35.4 Å². The Bertz CT molecular complexity index is 1190. The van der Waals surface area contributed by atoms with Gasteiger partial charge in [-0.3, -0.25) is 9.59 Å². The highest BCUT2D eigenvalue weighted by Crippen LogP contribution is 2.37. The first-order valence-corrected chi connectivity index (χ1v) is 15.7. The van der Waals surface area contributed by atoms with Crippen LogP contribution in [0.2, 0.25) is 0 Å². The van der Waals surface area contributed by atoms with Gasteiger partial charge in [-0.15, -0.1) is 0 Å². The Balaban J connectivity index is 1.16. The topological polar surface area (TPSA) is 122 Å². The minimum atomic E-state index is -0.348. The molecular formula is C32H46N4O8. The highest BCUT2D eigenvalue weighted by atomic mass is 16.6. The molecule has 7 rings (SSSR count). The Kier molecular flexibility index (Phi) is 7.05. The van der Waals surface area contributed by atoms with Crippen molar-refractivity contribution in [1.82, 2.24) is 20.0 Å². The molecule has 44 heavy (non-hydrogen) atoms. The number of rotatable bonds is 16. The van der Waals surface area contributed by atoms with Crippen molar-refractivity contribution in [3.63, 3.8) is 0 Å². The largest absolute Gasteiger partial charge is 0.368 e. The van der Waals surface area contributed by atoms with Crippen LogP contribution in [0.25, 0.3) is 0 Å². The van der Waals surface area contributed by atoms with E-state index in [0.717, 1.165) is 0 Å². The van der Waals surface area contributed by atoms with Crippen LogP contribution >= 0.6 is 0 Å². The van der Waals surface area contributed by atoms with Crippen LogP contribution in [0.1, 0.15) is 62.3 Å². The summed E-state index contributed by atoms with van der Waals surface area (Å²) >= 11 is 0. The Morgan fingerprint density at radius 1 is 0.500 bits per heavy atom. The van der Waals surface area contributed by atoms with E-state index < -0.39 is 0 Å². The number of hydrogen-bond donors (Lipinski definition) is 0. The molecule has 6 aliphatic heterocycles. The predicted molar refractivity (Wildman–Crippen MR) is 158 cm³/mol. The van der Waals surface area contributed by atoms with Crippen LogP contribution in [0.15, 0.2) is 24.3 Å². The highest BCUT2D eigenvalue weighted by molar-refractivity contribution is 5.97. The van der Waals surface area contributed by atoms with E-state index in [9.17, 15) is 9.59 Å². The number of hydrazine groups is 2. The number of epoxide rings is 6. The molecule has 1 aromatic rings. The average Bonchev–Trinajstić information content (AvgIpc) is 3.74. The zero-order chi connectivity index (χ0) is 31.2. The van der Waals surface area contributed by atoms with Crippen LogP contribution in [-0.4, -0.2) is 144 Å². The van der Waals surface area contributed by atoms with Gasteiger partial charge in [-0.25, -0.2) is 0 Å². The van der Waals surface area contributed by atoms with Gasteiger partial charge in [0.2, 0.25) is 0 Å². The van der Waals surface area contributed by atoms with E-state index >= 15 is 0 Å². The normalized spacial score (nSPS) is 39.3. The number of amides is 2. The maximum atomic E-state index is 14.6. The molecular weight excluding hydrogens is 568 g/mol. The smallest absolute Gasteiger partial charge is 0.283 e. The number of nitrogens with zero attached hydrogens (tertiary/aromatic N) is 4. The molecule has 6 saturated heterocycles. The first-order chi connectivity index (χ1) is 20.6. The van der Waals surface area contributed by atoms with Gasteiger partial charge >= 0.3 is 0 Å². The molecule has 6 unspecified atom stereocenters. The predicted octanol–water partition coefficient (Wildman–Crippen LogP) is 1.74. The fraction of sp³-hybridized carbons (Fsp3) is 0.750. The number of carbonyl (C=O) groups is 2. The lowest BCUT2D eigenvalue weighted by Gasteiger charge is -2.44. The molecule has 0 aromatic heterocycles. The SMILES string of the molecule is CC1(CN(CC2(C)CO2)C(=O)c2ccc(C(=O)N(N(CC3(C)CO3)CC3(C)CO3)N(CC3(C)CO3)CC3(C)CO3)cc2)CO1. The first kappa shape index (κ1) is 30.5. The molecule has 12 nitrogen and oxygen atoms in total. The lowest BCUT2D eigenvalue weighted by atomic mass is 10.1. The molecule has 0 N–H and O–H groups in total. The molecule has 6 atom stereocenters. The van der Waals surface area contributed by atoms with E-state index in [2.05, 4.69) is 37.7 Å². The fourth-order valence-corrected chi connectivity index (χ4v) is 5.71. The number of hydrogen-bond acceptors (Lipinski definition) is 10. The van der Waals surface area contributed by atoms with Crippen LogP contribution < -0.4 is 0 Å². The molecule has 0 spiro atoms. The summed E-state index contributed by atoms with van der Waals surface area (Å²) in [5.74, 6) is -0.298. The van der Waals surface area contributed by atoms with Crippen LogP contribution in [0.5, 0.6) is 0 Å². The second-order valence-electron chi connectivity index (χ2n) is 15.4. The van der Waals surface area contributed by atoms with Gasteiger partial charge in [0.1, 0.15) is 33.6 Å². The summed E-state index contributed by atoms with van der Waals surface area (Å²) in [5, 5.41) is 5.89. The van der Waals surface area contributed by atoms with Crippen molar-refractivity contribution in [2.75, 3.05) is 78.9 Å². The molecule has 0 aliphatic carbocycles. The van der Waals surface area contributed by atoms with Crippen molar-refractivity contribution < 1.29 is 38.0 Å². The molecule has 6 heterocycles. The van der Waals surface area contributed by atoms with Gasteiger partial charge in [-0.1, -0.05) is 0 Å². The van der Waals surface area contributed by atoms with Crippen molar-refractivity contribution in [1.29, 1.82) is 0 Å². The minimum absolute atomic E-state index is 0.104. The molecule has 0 bridgehead atoms. The van der Waals surface area contributed by atoms with E-state index in [1.54, 1.807) is 29.4 Å². The average molecular weight is 615 g/mol. The Morgan fingerprint density at radius 2 is 0.750 bits per heavy atom. The fourth-order valence-electron chi connectivity index (χ4n) is 5.71. The van der Waals surface area contributed by atoms with Gasteiger partial charge in [0.15, 0.2) is 0 Å². The lowest BCUT2D eigenvalue weighted by Crippen LogP contribution is -2.62. The third-order valence-corrected chi connectivity index (χ3v) is 9.32. The molecule has 0 saturated carbocycles. The highest BCUT2D eigenvalue weighted by Gasteiger charge is 2.53. The van der Waals surface area contributed by atoms with Crippen molar-refractivity contribution in [2.45, 2.75) is 75.1 Å². The van der Waals surface area contributed by atoms with Gasteiger partial charge in [-0.2, -0.15) is 15.1 Å². The van der Waals surface area contributed by atoms with Crippen LogP contribution in [0.3, 0.4) is 0 Å². The van der Waals surface area contributed by atoms with Crippen LogP contribution in [0, 0.1) is 0 Å². The van der Waals surface area contributed by atoms with E-state index in [0.29, 0.717) is 90.0 Å². The molecule has 0 radical (unpaired) electrons. The van der Waals surface area contributed by atoms with Crippen molar-refractivity contribution >= 4 is 11.8 Å². The van der Waals surface area contributed by atoms with Gasteiger partial charge < -0.3 is 33.3 Å². The van der Waals surface area contributed by atoms with Crippen molar-refractivity contribution in [3.8, 4) is 0 Å². The lowest BCUT2D eigenvalue weighted by molar-refractivity contribution is -0.169. The maximum Gasteiger partial charge on any atom is 0.283 e. The number of ether oxygens (including phenoxy) is 6. The molecule has 6 aliphatic rings. The number of benzene rings is 1. The van der Waals surface area contributed by atoms with Gasteiger partial charge in [0.25, 0.3) is 11.8 Å². The third kappa shape index (κ3) is 7.13. The Labute approximate surface area is 259 Å². The van der Waals surface area contributed by atoms with Gasteiger partial charge in [0, 0.05) is 11.1 Å². The maximum absolute atomic E-state index is 14.6. The van der Waals surface area contributed by atoms with E-state index in [1.807, 2.05) is 18.7 Å². The summed E-state index contributed by atoms with van der Waals surface area (Å²) in [6, 6.07) is 6.98. The summed E-state index contributed by atoms with van der Waals surface area (Å²) in [5.41, 5.74) is -1.04. The Morgan fingerprint density at radius 3 is 1.02 bits per heavy atom. The summed E-state index contributed by atoms with van der Waals surface area (Å²) < 4.78 is 34.4. The molecule has 1 aromatic carbocycles. The van der Waals surface area contributed by atoms with Gasteiger partial charge in [-0.05, 0) is 65.8 Å². The van der Waals surface area contributed by atoms with Gasteiger partial charge in [0.05, 0.1) is 78.9 Å². The van der Waals surface area contributed by atoms with Crippen LogP contribution in [0.4, 0.5) is 0 Å². The monoisotopic (exact) mass is 614 g/mol. The summed E-state index contributed by atoms with van der Waals surface area (Å²) in [6.45, 7) is 19.1. The first-order valence-electron chi connectivity index (χ1n) is 15.7. The Hall–Kier alpha value is -2.16. The molecule has 12 heteroatoms. The van der Waals surface area contributed by atoms with E-state index in [1.165, 1.54) is 0 Å². The zero-order valence-electron chi connectivity index (χ0n) is 26.8. The van der Waals surface area contributed by atoms with E-state index in [-0.39, 0.29) is 45.4 Å². The van der Waals surface area contributed by atoms with Crippen LogP contribution in [-0.2, 0) is 28.4 Å². The second kappa shape index (κ2) is 10.2. The standard InChI is InChI=1S/C32H46N4O8/c1-27(17-39-27)11-33(12-28(2)18-40-28)25(37)23-7-9-24(10-8-23)26(38)36(34(13-29(3)19-41-29)14-30(4)20-42-30)35(15-31(5)21-43-31)16-32(6)22-44-32/h7-10H,11-22H2,1-6H3. The third-order valence-electron chi connectivity index (χ3n) is 9.32. The number of carbonyl (C=O) groups excluding carboxylic acids is 2. The zero-order valence-corrected chi connectivity index (χ0v) is 26.8. The summed E-state index contributed by atoms with van der Waals surface area (Å²) in [6.07, 6.45) is 0. The summed E-state index contributed by atoms with van der Waals surface area (Å²) in [7, 11) is 0. The second-order valence-corrected chi connectivity index (χ2v) is 15.4. The summed E-state index contributed by atoms with van der Waals surface area (Å²) in [4.78, 5) is 30.1. The minimum Gasteiger partial charge on any atom is -0.368 e. The molecule has 242 valence electrons. The molecule has 2 amide bonds. The quantitative estimate of drug-likeness (QED) is 0.201. The van der Waals surface area contributed by atoms with Crippen molar-refractivity contribution in [2.24, 2.45) is 0 Å². The van der Waals surface area contributed by atoms with E-state index in [4.69, 9.17) is 28.4 Å². The molecule has 6 fully saturated rings.